The smallest absolute Gasteiger partial charge is 0.181 e. The highest BCUT2D eigenvalue weighted by atomic mass is 16.5. The van der Waals surface area contributed by atoms with Crippen LogP contribution >= 0.6 is 0 Å². The number of aromatic amines is 1. The molecule has 39 heavy (non-hydrogen) atoms. The number of nitrogens with zero attached hydrogens (tertiary/aromatic N) is 6. The van der Waals surface area contributed by atoms with Gasteiger partial charge in [0.05, 0.1) is 24.5 Å². The lowest BCUT2D eigenvalue weighted by Gasteiger charge is -2.29. The summed E-state index contributed by atoms with van der Waals surface area (Å²) in [6.07, 6.45) is 3.56. The number of fused-ring (bicyclic) bond motifs is 1. The molecule has 10 heteroatoms. The van der Waals surface area contributed by atoms with Crippen LogP contribution in [0.5, 0.6) is 5.75 Å². The lowest BCUT2D eigenvalue weighted by Crippen LogP contribution is -2.36. The van der Waals surface area contributed by atoms with E-state index in [1.165, 1.54) is 12.0 Å². The molecule has 0 amide bonds. The van der Waals surface area contributed by atoms with E-state index in [-0.39, 0.29) is 6.10 Å². The third-order valence-corrected chi connectivity index (χ3v) is 7.14. The number of aromatic nitrogens is 4. The molecule has 2 aliphatic rings. The molecule has 2 aliphatic heterocycles. The average Bonchev–Trinajstić information content (AvgIpc) is 3.45. The SMILES string of the molecule is C=O.CN1CCC(Oc2ccc(-c3ncnc4nc(-c5ccc(N6CCOCC6)cc5)[nH]c34)cc2C#N)CC1. The molecule has 2 aromatic heterocycles. The van der Waals surface area contributed by atoms with Gasteiger partial charge in [0.2, 0.25) is 0 Å². The highest BCUT2D eigenvalue weighted by Gasteiger charge is 2.20. The number of H-pyrrole nitrogens is 1. The Balaban J connectivity index is 0.00000151. The second-order valence-electron chi connectivity index (χ2n) is 9.60. The number of hydrogen-bond acceptors (Lipinski definition) is 9. The molecule has 10 nitrogen and oxygen atoms in total. The maximum Gasteiger partial charge on any atom is 0.181 e. The minimum atomic E-state index is 0.129. The molecule has 0 spiro atoms. The summed E-state index contributed by atoms with van der Waals surface area (Å²) in [5.41, 5.74) is 5.50. The van der Waals surface area contributed by atoms with Crippen LogP contribution < -0.4 is 9.64 Å². The van der Waals surface area contributed by atoms with E-state index < -0.39 is 0 Å². The van der Waals surface area contributed by atoms with Gasteiger partial charge in [-0.2, -0.15) is 5.26 Å². The van der Waals surface area contributed by atoms with Crippen molar-refractivity contribution in [3.63, 3.8) is 0 Å². The predicted octanol–water partition coefficient (Wildman–Crippen LogP) is 3.68. The number of carbonyl (C=O) groups excluding carboxylic acids is 1. The zero-order valence-corrected chi connectivity index (χ0v) is 22.0. The highest BCUT2D eigenvalue weighted by molar-refractivity contribution is 5.89. The molecule has 4 heterocycles. The molecule has 2 fully saturated rings. The normalized spacial score (nSPS) is 16.4. The maximum atomic E-state index is 9.84. The quantitative estimate of drug-likeness (QED) is 0.416. The Morgan fingerprint density at radius 2 is 1.74 bits per heavy atom. The van der Waals surface area contributed by atoms with Gasteiger partial charge >= 0.3 is 0 Å². The first-order valence-electron chi connectivity index (χ1n) is 13.0. The fourth-order valence-electron chi connectivity index (χ4n) is 4.99. The summed E-state index contributed by atoms with van der Waals surface area (Å²) in [5, 5.41) is 9.84. The number of piperidine rings is 1. The fourth-order valence-corrected chi connectivity index (χ4v) is 4.99. The standard InChI is InChI=1S/C28H29N7O2.CH2O/c1-34-10-8-23(9-11-34)37-24-7-4-20(16-21(24)17-29)25-26-28(31-18-30-25)33-27(32-26)19-2-5-22(6-3-19)35-12-14-36-15-13-35;1-2/h2-7,16,18,23H,8-15H2,1H3,(H,30,31,32,33);1H2. The molecule has 2 aromatic carbocycles. The molecule has 0 unspecified atom stereocenters. The number of morpholine rings is 1. The summed E-state index contributed by atoms with van der Waals surface area (Å²) in [4.78, 5) is 29.7. The van der Waals surface area contributed by atoms with Gasteiger partial charge in [0.15, 0.2) is 5.65 Å². The van der Waals surface area contributed by atoms with Crippen molar-refractivity contribution in [3.05, 3.63) is 54.4 Å². The van der Waals surface area contributed by atoms with E-state index in [2.05, 4.69) is 62.1 Å². The van der Waals surface area contributed by atoms with Gasteiger partial charge in [-0.05, 0) is 62.4 Å². The number of imidazole rings is 1. The van der Waals surface area contributed by atoms with Crippen LogP contribution in [0.1, 0.15) is 18.4 Å². The Labute approximate surface area is 227 Å². The van der Waals surface area contributed by atoms with E-state index >= 15 is 0 Å². The van der Waals surface area contributed by atoms with Crippen molar-refractivity contribution >= 4 is 23.6 Å². The van der Waals surface area contributed by atoms with Crippen LogP contribution in [-0.4, -0.2) is 84.2 Å². The largest absolute Gasteiger partial charge is 0.489 e. The zero-order chi connectivity index (χ0) is 27.2. The number of likely N-dealkylation sites (tertiary alicyclic amines) is 1. The van der Waals surface area contributed by atoms with E-state index in [0.29, 0.717) is 22.7 Å². The van der Waals surface area contributed by atoms with Gasteiger partial charge in [-0.15, -0.1) is 0 Å². The van der Waals surface area contributed by atoms with Gasteiger partial charge in [-0.25, -0.2) is 15.0 Å². The number of carbonyl (C=O) groups is 1. The number of benzene rings is 2. The number of hydrogen-bond donors (Lipinski definition) is 1. The Kier molecular flexibility index (Phi) is 8.10. The number of nitriles is 1. The number of rotatable bonds is 5. The lowest BCUT2D eigenvalue weighted by atomic mass is 10.1. The Bertz CT molecular complexity index is 1450. The van der Waals surface area contributed by atoms with Crippen LogP contribution in [0.15, 0.2) is 48.8 Å². The predicted molar refractivity (Wildman–Crippen MR) is 149 cm³/mol. The van der Waals surface area contributed by atoms with Crippen LogP contribution in [0.25, 0.3) is 33.8 Å². The first kappa shape index (κ1) is 26.3. The third kappa shape index (κ3) is 5.74. The summed E-state index contributed by atoms with van der Waals surface area (Å²) < 4.78 is 11.7. The highest BCUT2D eigenvalue weighted by Crippen LogP contribution is 2.31. The van der Waals surface area contributed by atoms with Crippen molar-refractivity contribution in [1.82, 2.24) is 24.8 Å². The molecule has 0 bridgehead atoms. The zero-order valence-electron chi connectivity index (χ0n) is 22.0. The van der Waals surface area contributed by atoms with Crippen LogP contribution in [-0.2, 0) is 9.53 Å². The lowest BCUT2D eigenvalue weighted by molar-refractivity contribution is -0.0980. The second-order valence-corrected chi connectivity index (χ2v) is 9.60. The van der Waals surface area contributed by atoms with E-state index in [0.717, 1.165) is 74.7 Å². The summed E-state index contributed by atoms with van der Waals surface area (Å²) in [6, 6.07) is 16.3. The molecule has 1 N–H and O–H groups in total. The topological polar surface area (TPSA) is 120 Å². The fraction of sp³-hybridized carbons (Fsp3) is 0.345. The molecule has 0 atom stereocenters. The third-order valence-electron chi connectivity index (χ3n) is 7.14. The summed E-state index contributed by atoms with van der Waals surface area (Å²) in [6.45, 7) is 7.31. The Morgan fingerprint density at radius 3 is 2.46 bits per heavy atom. The van der Waals surface area contributed by atoms with Crippen molar-refractivity contribution < 1.29 is 14.3 Å². The molecule has 4 aromatic rings. The van der Waals surface area contributed by atoms with Crippen molar-refractivity contribution in [2.24, 2.45) is 0 Å². The van der Waals surface area contributed by atoms with Crippen molar-refractivity contribution in [3.8, 4) is 34.5 Å². The van der Waals surface area contributed by atoms with E-state index in [4.69, 9.17) is 19.3 Å². The van der Waals surface area contributed by atoms with E-state index in [1.807, 2.05) is 25.0 Å². The molecule has 0 aliphatic carbocycles. The van der Waals surface area contributed by atoms with Gasteiger partial charge in [-0.3, -0.25) is 0 Å². The van der Waals surface area contributed by atoms with Crippen LogP contribution in [0.3, 0.4) is 0 Å². The minimum Gasteiger partial charge on any atom is -0.489 e. The van der Waals surface area contributed by atoms with Gasteiger partial charge in [0.1, 0.15) is 42.4 Å². The first-order chi connectivity index (χ1) is 19.2. The molecule has 200 valence electrons. The molecular weight excluding hydrogens is 494 g/mol. The summed E-state index contributed by atoms with van der Waals surface area (Å²) in [5.74, 6) is 1.35. The monoisotopic (exact) mass is 525 g/mol. The summed E-state index contributed by atoms with van der Waals surface area (Å²) >= 11 is 0. The minimum absolute atomic E-state index is 0.129. The number of ether oxygens (including phenoxy) is 2. The van der Waals surface area contributed by atoms with Crippen molar-refractivity contribution in [1.29, 1.82) is 5.26 Å². The van der Waals surface area contributed by atoms with Gasteiger partial charge in [0.25, 0.3) is 0 Å². The van der Waals surface area contributed by atoms with Gasteiger partial charge < -0.3 is 29.1 Å². The summed E-state index contributed by atoms with van der Waals surface area (Å²) in [7, 11) is 2.12. The van der Waals surface area contributed by atoms with Gasteiger partial charge in [-0.1, -0.05) is 0 Å². The van der Waals surface area contributed by atoms with Crippen LogP contribution in [0.2, 0.25) is 0 Å². The number of anilines is 1. The molecule has 0 radical (unpaired) electrons. The maximum absolute atomic E-state index is 9.84. The van der Waals surface area contributed by atoms with E-state index in [9.17, 15) is 5.26 Å². The molecule has 6 rings (SSSR count). The van der Waals surface area contributed by atoms with Crippen LogP contribution in [0, 0.1) is 11.3 Å². The van der Waals surface area contributed by atoms with Gasteiger partial charge in [0, 0.05) is 43.0 Å². The molecular formula is C29H31N7O3. The second kappa shape index (κ2) is 12.0. The van der Waals surface area contributed by atoms with Crippen molar-refractivity contribution in [2.45, 2.75) is 18.9 Å². The average molecular weight is 526 g/mol. The van der Waals surface area contributed by atoms with Crippen molar-refractivity contribution in [2.75, 3.05) is 51.3 Å². The Hall–Kier alpha value is -4.33. The molecule has 2 saturated heterocycles. The van der Waals surface area contributed by atoms with E-state index in [1.54, 1.807) is 0 Å². The first-order valence-corrected chi connectivity index (χ1v) is 13.0. The Morgan fingerprint density at radius 1 is 1.03 bits per heavy atom. The number of nitrogens with one attached hydrogen (secondary N) is 1. The van der Waals surface area contributed by atoms with Crippen LogP contribution in [0.4, 0.5) is 5.69 Å². The molecule has 0 saturated carbocycles.